The van der Waals surface area contributed by atoms with Crippen molar-refractivity contribution in [2.75, 3.05) is 0 Å². The molecule has 0 saturated carbocycles. The van der Waals surface area contributed by atoms with Crippen LogP contribution in [0, 0.1) is 0 Å². The molecule has 10 heavy (non-hydrogen) atoms. The molecule has 2 aliphatic heterocycles. The molecule has 2 fully saturated rings. The normalized spacial score (nSPS) is 47.1. The van der Waals surface area contributed by atoms with Crippen LogP contribution in [0.3, 0.4) is 0 Å². The summed E-state index contributed by atoms with van der Waals surface area (Å²) in [7, 11) is 0. The van der Waals surface area contributed by atoms with Crippen molar-refractivity contribution < 1.29 is 0 Å². The van der Waals surface area contributed by atoms with Gasteiger partial charge in [-0.05, 0) is 32.6 Å². The summed E-state index contributed by atoms with van der Waals surface area (Å²) in [4.78, 5) is 0. The van der Waals surface area contributed by atoms with Crippen molar-refractivity contribution in [1.82, 2.24) is 5.32 Å². The summed E-state index contributed by atoms with van der Waals surface area (Å²) in [5.74, 6) is 0. The fourth-order valence-corrected chi connectivity index (χ4v) is 2.45. The van der Waals surface area contributed by atoms with E-state index in [-0.39, 0.29) is 0 Å². The van der Waals surface area contributed by atoms with Crippen molar-refractivity contribution in [2.24, 2.45) is 0 Å². The lowest BCUT2D eigenvalue weighted by molar-refractivity contribution is 0.379. The maximum atomic E-state index is 3.73. The van der Waals surface area contributed by atoms with Gasteiger partial charge in [0.1, 0.15) is 0 Å². The molecule has 0 radical (unpaired) electrons. The Bertz CT molecular complexity index is 131. The summed E-state index contributed by atoms with van der Waals surface area (Å²) in [6, 6.07) is 0.868. The summed E-state index contributed by atoms with van der Waals surface area (Å²) in [5.41, 5.74) is 0.529. The van der Waals surface area contributed by atoms with E-state index in [9.17, 15) is 0 Å². The topological polar surface area (TPSA) is 12.0 Å². The summed E-state index contributed by atoms with van der Waals surface area (Å²) >= 11 is 0. The average Bonchev–Trinajstić information content (AvgIpc) is 2.11. The van der Waals surface area contributed by atoms with Crippen molar-refractivity contribution in [3.63, 3.8) is 0 Å². The zero-order valence-electron chi connectivity index (χ0n) is 6.82. The zero-order valence-corrected chi connectivity index (χ0v) is 6.82. The van der Waals surface area contributed by atoms with Crippen LogP contribution >= 0.6 is 0 Å². The van der Waals surface area contributed by atoms with Crippen LogP contribution in [0.15, 0.2) is 0 Å². The van der Waals surface area contributed by atoms with Crippen molar-refractivity contribution in [3.8, 4) is 0 Å². The zero-order chi connectivity index (χ0) is 7.03. The van der Waals surface area contributed by atoms with E-state index in [1.165, 1.54) is 38.5 Å². The van der Waals surface area contributed by atoms with Crippen LogP contribution in [0.25, 0.3) is 0 Å². The molecule has 2 atom stereocenters. The molecule has 0 spiro atoms. The van der Waals surface area contributed by atoms with Crippen LogP contribution in [0.4, 0.5) is 0 Å². The van der Waals surface area contributed by atoms with Gasteiger partial charge >= 0.3 is 0 Å². The van der Waals surface area contributed by atoms with E-state index < -0.39 is 0 Å². The lowest BCUT2D eigenvalue weighted by Gasteiger charge is -2.23. The minimum absolute atomic E-state index is 0.529. The first-order valence-electron chi connectivity index (χ1n) is 4.56. The molecule has 0 aromatic heterocycles. The Kier molecular flexibility index (Phi) is 1.48. The van der Waals surface area contributed by atoms with Crippen LogP contribution in [0.2, 0.25) is 0 Å². The van der Waals surface area contributed by atoms with E-state index in [1.807, 2.05) is 0 Å². The van der Waals surface area contributed by atoms with E-state index >= 15 is 0 Å². The van der Waals surface area contributed by atoms with Gasteiger partial charge in [0.05, 0.1) is 0 Å². The van der Waals surface area contributed by atoms with Gasteiger partial charge < -0.3 is 5.32 Å². The smallest absolute Gasteiger partial charge is 0.0156 e. The Labute approximate surface area is 63.2 Å². The molecule has 2 bridgehead atoms. The van der Waals surface area contributed by atoms with Crippen molar-refractivity contribution in [2.45, 2.75) is 57.0 Å². The van der Waals surface area contributed by atoms with E-state index in [4.69, 9.17) is 0 Å². The third-order valence-electron chi connectivity index (χ3n) is 3.13. The van der Waals surface area contributed by atoms with E-state index in [0.717, 1.165) is 6.04 Å². The monoisotopic (exact) mass is 139 g/mol. The maximum absolute atomic E-state index is 3.73. The van der Waals surface area contributed by atoms with Crippen molar-refractivity contribution in [1.29, 1.82) is 0 Å². The van der Waals surface area contributed by atoms with Gasteiger partial charge in [0, 0.05) is 11.6 Å². The van der Waals surface area contributed by atoms with Crippen LogP contribution in [0.5, 0.6) is 0 Å². The van der Waals surface area contributed by atoms with Gasteiger partial charge in [-0.3, -0.25) is 0 Å². The molecule has 1 nitrogen and oxygen atoms in total. The Morgan fingerprint density at radius 2 is 2.10 bits per heavy atom. The van der Waals surface area contributed by atoms with Gasteiger partial charge in [-0.2, -0.15) is 0 Å². The molecule has 1 unspecified atom stereocenters. The molecule has 1 heteroatoms. The van der Waals surface area contributed by atoms with Gasteiger partial charge in [-0.1, -0.05) is 12.8 Å². The second-order valence-corrected chi connectivity index (χ2v) is 4.19. The molecule has 0 aromatic carbocycles. The van der Waals surface area contributed by atoms with Gasteiger partial charge in [-0.25, -0.2) is 0 Å². The molecule has 0 aliphatic carbocycles. The van der Waals surface area contributed by atoms with E-state index in [1.54, 1.807) is 0 Å². The SMILES string of the molecule is C[C@@]12CCCCC(CC1)N2. The molecule has 1 N–H and O–H groups in total. The molecule has 2 aliphatic rings. The minimum Gasteiger partial charge on any atom is -0.309 e. The number of hydrogen-bond donors (Lipinski definition) is 1. The molecule has 0 amide bonds. The maximum Gasteiger partial charge on any atom is 0.0156 e. The van der Waals surface area contributed by atoms with Crippen LogP contribution in [-0.2, 0) is 0 Å². The molecular formula is C9H17N. The standard InChI is InChI=1S/C9H17N/c1-9-6-3-2-4-8(10-9)5-7-9/h8,10H,2-7H2,1H3/t8?,9-/m1/s1. The number of nitrogens with one attached hydrogen (secondary N) is 1. The van der Waals surface area contributed by atoms with Crippen molar-refractivity contribution >= 4 is 0 Å². The number of rotatable bonds is 0. The lowest BCUT2D eigenvalue weighted by Crippen LogP contribution is -2.38. The van der Waals surface area contributed by atoms with Gasteiger partial charge in [0.15, 0.2) is 0 Å². The molecule has 0 aromatic rings. The number of hydrogen-bond acceptors (Lipinski definition) is 1. The Hall–Kier alpha value is -0.0400. The summed E-state index contributed by atoms with van der Waals surface area (Å²) in [5, 5.41) is 3.73. The summed E-state index contributed by atoms with van der Waals surface area (Å²) in [6.07, 6.45) is 8.57. The third kappa shape index (κ3) is 1.07. The quantitative estimate of drug-likeness (QED) is 0.541. The Morgan fingerprint density at radius 3 is 3.00 bits per heavy atom. The van der Waals surface area contributed by atoms with E-state index in [0.29, 0.717) is 5.54 Å². The Morgan fingerprint density at radius 1 is 1.20 bits per heavy atom. The third-order valence-corrected chi connectivity index (χ3v) is 3.13. The first kappa shape index (κ1) is 6.66. The molecule has 2 rings (SSSR count). The highest BCUT2D eigenvalue weighted by Crippen LogP contribution is 2.33. The fourth-order valence-electron chi connectivity index (χ4n) is 2.45. The van der Waals surface area contributed by atoms with Crippen LogP contribution < -0.4 is 5.32 Å². The van der Waals surface area contributed by atoms with Crippen LogP contribution in [-0.4, -0.2) is 11.6 Å². The van der Waals surface area contributed by atoms with Crippen LogP contribution in [0.1, 0.15) is 45.4 Å². The average molecular weight is 139 g/mol. The highest BCUT2D eigenvalue weighted by molar-refractivity contribution is 4.96. The summed E-state index contributed by atoms with van der Waals surface area (Å²) < 4.78 is 0. The molecule has 2 saturated heterocycles. The molecular weight excluding hydrogens is 122 g/mol. The number of fused-ring (bicyclic) bond motifs is 2. The second-order valence-electron chi connectivity index (χ2n) is 4.19. The van der Waals surface area contributed by atoms with Gasteiger partial charge in [0.25, 0.3) is 0 Å². The van der Waals surface area contributed by atoms with Gasteiger partial charge in [-0.15, -0.1) is 0 Å². The lowest BCUT2D eigenvalue weighted by atomic mass is 9.91. The highest BCUT2D eigenvalue weighted by atomic mass is 15.0. The minimum atomic E-state index is 0.529. The Balaban J connectivity index is 2.09. The predicted octanol–water partition coefficient (Wildman–Crippen LogP) is 2.07. The predicted molar refractivity (Wildman–Crippen MR) is 43.0 cm³/mol. The summed E-state index contributed by atoms with van der Waals surface area (Å²) in [6.45, 7) is 2.39. The fraction of sp³-hybridized carbons (Fsp3) is 1.00. The highest BCUT2D eigenvalue weighted by Gasteiger charge is 2.35. The van der Waals surface area contributed by atoms with E-state index in [2.05, 4.69) is 12.2 Å². The largest absolute Gasteiger partial charge is 0.309 e. The first-order chi connectivity index (χ1) is 4.79. The molecule has 2 heterocycles. The molecule has 58 valence electrons. The second kappa shape index (κ2) is 2.23. The van der Waals surface area contributed by atoms with Gasteiger partial charge in [0.2, 0.25) is 0 Å². The van der Waals surface area contributed by atoms with Crippen molar-refractivity contribution in [3.05, 3.63) is 0 Å². The first-order valence-corrected chi connectivity index (χ1v) is 4.56.